The van der Waals surface area contributed by atoms with E-state index in [0.717, 1.165) is 5.76 Å². The molecule has 2 unspecified atom stereocenters. The highest BCUT2D eigenvalue weighted by molar-refractivity contribution is 5.32. The Morgan fingerprint density at radius 2 is 2.42 bits per heavy atom. The van der Waals surface area contributed by atoms with Crippen LogP contribution in [0.1, 0.15) is 0 Å². The molecule has 0 heterocycles. The lowest BCUT2D eigenvalue weighted by atomic mass is 9.94. The van der Waals surface area contributed by atoms with Gasteiger partial charge in [0.2, 0.25) is 0 Å². The van der Waals surface area contributed by atoms with Gasteiger partial charge in [-0.15, -0.1) is 6.58 Å². The van der Waals surface area contributed by atoms with Gasteiger partial charge in [0.25, 0.3) is 0 Å². The normalized spacial score (nSPS) is 27.6. The largest absolute Gasteiger partial charge is 0.499 e. The van der Waals surface area contributed by atoms with Gasteiger partial charge in [-0.05, 0) is 12.8 Å². The molecule has 0 saturated heterocycles. The quantitative estimate of drug-likeness (QED) is 0.460. The zero-order valence-electron chi connectivity index (χ0n) is 7.23. The number of aliphatic imine (C=N–C) groups is 1. The van der Waals surface area contributed by atoms with Crippen molar-refractivity contribution in [3.63, 3.8) is 0 Å². The van der Waals surface area contributed by atoms with E-state index in [9.17, 15) is 0 Å². The molecule has 0 saturated carbocycles. The van der Waals surface area contributed by atoms with Gasteiger partial charge in [-0.25, -0.2) is 0 Å². The third-order valence-corrected chi connectivity index (χ3v) is 1.95. The molecule has 0 radical (unpaired) electrons. The number of allylic oxidation sites excluding steroid dienone is 2. The topological polar surface area (TPSA) is 21.6 Å². The minimum absolute atomic E-state index is 0.00231. The lowest BCUT2D eigenvalue weighted by Gasteiger charge is -2.22. The second kappa shape index (κ2) is 3.90. The maximum absolute atomic E-state index is 5.16. The number of nitrogens with zero attached hydrogens (tertiary/aromatic N) is 1. The number of hydrogen-bond donors (Lipinski definition) is 0. The molecule has 1 aliphatic rings. The van der Waals surface area contributed by atoms with E-state index < -0.39 is 0 Å². The summed E-state index contributed by atoms with van der Waals surface area (Å²) in [7, 11) is 1.64. The Bertz CT molecular complexity index is 240. The van der Waals surface area contributed by atoms with Crippen LogP contribution in [-0.2, 0) is 4.74 Å². The van der Waals surface area contributed by atoms with Crippen molar-refractivity contribution in [2.75, 3.05) is 7.11 Å². The van der Waals surface area contributed by atoms with Crippen molar-refractivity contribution in [1.29, 1.82) is 0 Å². The smallest absolute Gasteiger partial charge is 0.121 e. The molecule has 2 heteroatoms. The maximum Gasteiger partial charge on any atom is 0.121 e. The summed E-state index contributed by atoms with van der Waals surface area (Å²) in [5.41, 5.74) is 0. The van der Waals surface area contributed by atoms with Gasteiger partial charge in [-0.1, -0.05) is 18.2 Å². The van der Waals surface area contributed by atoms with Crippen LogP contribution in [0.25, 0.3) is 0 Å². The van der Waals surface area contributed by atoms with Crippen LogP contribution in [0.15, 0.2) is 41.6 Å². The number of methoxy groups -OCH3 is 1. The number of rotatable bonds is 3. The molecule has 0 amide bonds. The van der Waals surface area contributed by atoms with E-state index in [1.54, 1.807) is 7.11 Å². The second-order valence-electron chi connectivity index (χ2n) is 2.60. The van der Waals surface area contributed by atoms with Gasteiger partial charge in [-0.2, -0.15) is 0 Å². The van der Waals surface area contributed by atoms with Crippen molar-refractivity contribution < 1.29 is 4.74 Å². The molecule has 12 heavy (non-hydrogen) atoms. The molecule has 1 aliphatic carbocycles. The average molecular weight is 163 g/mol. The first kappa shape index (κ1) is 8.78. The Morgan fingerprint density at radius 1 is 1.67 bits per heavy atom. The first-order valence-electron chi connectivity index (χ1n) is 3.84. The summed E-state index contributed by atoms with van der Waals surface area (Å²) in [5, 5.41) is 0. The Labute approximate surface area is 73.0 Å². The highest BCUT2D eigenvalue weighted by Gasteiger charge is 2.21. The Balaban J connectivity index is 2.87. The van der Waals surface area contributed by atoms with E-state index in [2.05, 4.69) is 18.3 Å². The first-order valence-corrected chi connectivity index (χ1v) is 3.84. The predicted molar refractivity (Wildman–Crippen MR) is 51.3 cm³/mol. The van der Waals surface area contributed by atoms with Crippen LogP contribution in [0.2, 0.25) is 0 Å². The van der Waals surface area contributed by atoms with Crippen molar-refractivity contribution in [2.45, 2.75) is 6.04 Å². The summed E-state index contributed by atoms with van der Waals surface area (Å²) in [6.45, 7) is 7.26. The fraction of sp³-hybridized carbons (Fsp3) is 0.300. The average Bonchev–Trinajstić information content (AvgIpc) is 2.16. The SMILES string of the molecule is C=CC1C=CC=C(OC)C1N=C. The van der Waals surface area contributed by atoms with Crippen LogP contribution in [0.5, 0.6) is 0 Å². The summed E-state index contributed by atoms with van der Waals surface area (Å²) >= 11 is 0. The van der Waals surface area contributed by atoms with E-state index in [1.165, 1.54) is 0 Å². The van der Waals surface area contributed by atoms with Gasteiger partial charge >= 0.3 is 0 Å². The molecule has 0 aliphatic heterocycles. The fourth-order valence-corrected chi connectivity index (χ4v) is 1.28. The zero-order valence-corrected chi connectivity index (χ0v) is 7.23. The van der Waals surface area contributed by atoms with Gasteiger partial charge in [0.05, 0.1) is 7.11 Å². The molecule has 2 nitrogen and oxygen atoms in total. The molecule has 0 aromatic carbocycles. The van der Waals surface area contributed by atoms with Gasteiger partial charge in [0.1, 0.15) is 11.8 Å². The van der Waals surface area contributed by atoms with E-state index >= 15 is 0 Å². The first-order chi connectivity index (χ1) is 5.83. The Kier molecular flexibility index (Phi) is 2.86. The van der Waals surface area contributed by atoms with Crippen molar-refractivity contribution in [3.8, 4) is 0 Å². The molecule has 0 N–H and O–H groups in total. The molecule has 0 aromatic rings. The van der Waals surface area contributed by atoms with Crippen LogP contribution < -0.4 is 0 Å². The lowest BCUT2D eigenvalue weighted by molar-refractivity contribution is 0.255. The van der Waals surface area contributed by atoms with Crippen LogP contribution in [0, 0.1) is 5.92 Å². The molecule has 0 spiro atoms. The third-order valence-electron chi connectivity index (χ3n) is 1.95. The van der Waals surface area contributed by atoms with E-state index in [0.29, 0.717) is 0 Å². The summed E-state index contributed by atoms with van der Waals surface area (Å²) < 4.78 is 5.16. The molecule has 0 bridgehead atoms. The highest BCUT2D eigenvalue weighted by Crippen LogP contribution is 2.23. The van der Waals surface area contributed by atoms with E-state index in [4.69, 9.17) is 4.74 Å². The maximum atomic E-state index is 5.16. The molecule has 2 atom stereocenters. The minimum Gasteiger partial charge on any atom is -0.499 e. The highest BCUT2D eigenvalue weighted by atomic mass is 16.5. The summed E-state index contributed by atoms with van der Waals surface area (Å²) in [5.74, 6) is 1.06. The van der Waals surface area contributed by atoms with E-state index in [-0.39, 0.29) is 12.0 Å². The van der Waals surface area contributed by atoms with Crippen molar-refractivity contribution in [1.82, 2.24) is 0 Å². The molecule has 1 rings (SSSR count). The van der Waals surface area contributed by atoms with Crippen molar-refractivity contribution in [3.05, 3.63) is 36.6 Å². The van der Waals surface area contributed by atoms with E-state index in [1.807, 2.05) is 24.3 Å². The summed E-state index contributed by atoms with van der Waals surface area (Å²) in [6, 6.07) is -0.00231. The zero-order chi connectivity index (χ0) is 8.97. The monoisotopic (exact) mass is 163 g/mol. The van der Waals surface area contributed by atoms with Crippen LogP contribution in [-0.4, -0.2) is 19.9 Å². The van der Waals surface area contributed by atoms with Crippen LogP contribution in [0.4, 0.5) is 0 Å². The van der Waals surface area contributed by atoms with Gasteiger partial charge in [0, 0.05) is 5.92 Å². The van der Waals surface area contributed by atoms with Gasteiger partial charge in [-0.3, -0.25) is 4.99 Å². The molecular weight excluding hydrogens is 150 g/mol. The molecule has 0 fully saturated rings. The predicted octanol–water partition coefficient (Wildman–Crippen LogP) is 1.96. The van der Waals surface area contributed by atoms with Crippen LogP contribution in [0.3, 0.4) is 0 Å². The van der Waals surface area contributed by atoms with Crippen molar-refractivity contribution in [2.24, 2.45) is 10.9 Å². The standard InChI is InChI=1S/C10H13NO/c1-4-8-6-5-7-9(12-3)10(8)11-2/h4-8,10H,1-2H2,3H3. The van der Waals surface area contributed by atoms with Gasteiger partial charge < -0.3 is 4.74 Å². The second-order valence-corrected chi connectivity index (χ2v) is 2.60. The molecule has 64 valence electrons. The Morgan fingerprint density at radius 3 is 2.92 bits per heavy atom. The fourth-order valence-electron chi connectivity index (χ4n) is 1.28. The van der Waals surface area contributed by atoms with Gasteiger partial charge in [0.15, 0.2) is 0 Å². The Hall–Kier alpha value is -1.31. The summed E-state index contributed by atoms with van der Waals surface area (Å²) in [6.07, 6.45) is 7.74. The third kappa shape index (κ3) is 1.47. The molecule has 0 aromatic heterocycles. The number of ether oxygens (including phenoxy) is 1. The summed E-state index contributed by atoms with van der Waals surface area (Å²) in [4.78, 5) is 3.99. The molecular formula is C10H13NO. The minimum atomic E-state index is -0.00231. The van der Waals surface area contributed by atoms with Crippen LogP contribution >= 0.6 is 0 Å². The lowest BCUT2D eigenvalue weighted by Crippen LogP contribution is -2.20. The van der Waals surface area contributed by atoms with Crippen molar-refractivity contribution >= 4 is 6.72 Å². The number of hydrogen-bond acceptors (Lipinski definition) is 2.